The summed E-state index contributed by atoms with van der Waals surface area (Å²) in [6, 6.07) is 17.9. The quantitative estimate of drug-likeness (QED) is 0.361. The Balaban J connectivity index is 1.91. The lowest BCUT2D eigenvalue weighted by Crippen LogP contribution is -2.56. The molecule has 0 heterocycles. The van der Waals surface area contributed by atoms with Crippen molar-refractivity contribution in [2.45, 2.75) is 44.3 Å². The summed E-state index contributed by atoms with van der Waals surface area (Å²) in [5, 5.41) is 4.63. The molecule has 2 atom stereocenters. The molecule has 214 valence electrons. The Kier molecular flexibility index (Phi) is 10.4. The van der Waals surface area contributed by atoms with Gasteiger partial charge >= 0.3 is 0 Å². The van der Waals surface area contributed by atoms with E-state index in [0.29, 0.717) is 5.56 Å². The minimum absolute atomic E-state index is 0.0242. The van der Waals surface area contributed by atoms with Gasteiger partial charge in [-0.15, -0.1) is 0 Å². The number of carbonyl (C=O) groups excluding carboxylic acids is 3. The zero-order valence-corrected chi connectivity index (χ0v) is 23.8. The number of rotatable bonds is 12. The number of hydrogen-bond acceptors (Lipinski definition) is 5. The lowest BCUT2D eigenvalue weighted by molar-refractivity contribution is -0.149. The summed E-state index contributed by atoms with van der Waals surface area (Å²) in [6.07, 6.45) is 0.183. The van der Waals surface area contributed by atoms with E-state index in [1.54, 1.807) is 39.1 Å². The number of ether oxygens (including phenoxy) is 1. The van der Waals surface area contributed by atoms with E-state index < -0.39 is 41.2 Å². The van der Waals surface area contributed by atoms with Gasteiger partial charge in [0.25, 0.3) is 0 Å². The molecule has 0 spiro atoms. The maximum atomic E-state index is 14.5. The third kappa shape index (κ3) is 8.09. The predicted molar refractivity (Wildman–Crippen MR) is 154 cm³/mol. The molecular weight excluding hydrogens is 511 g/mol. The van der Waals surface area contributed by atoms with Gasteiger partial charge in [0, 0.05) is 39.5 Å². The van der Waals surface area contributed by atoms with Crippen LogP contribution in [-0.4, -0.2) is 79.5 Å². The molecule has 9 heteroatoms. The fourth-order valence-electron chi connectivity index (χ4n) is 4.49. The van der Waals surface area contributed by atoms with E-state index in [0.717, 1.165) is 16.3 Å². The number of nitrogens with zero attached hydrogens (tertiary/aromatic N) is 2. The summed E-state index contributed by atoms with van der Waals surface area (Å²) in [7, 11) is 4.51. The molecule has 0 radical (unpaired) electrons. The van der Waals surface area contributed by atoms with Crippen LogP contribution in [0.1, 0.15) is 25.0 Å². The Morgan fingerprint density at radius 1 is 0.925 bits per heavy atom. The first-order chi connectivity index (χ1) is 18.9. The average Bonchev–Trinajstić information content (AvgIpc) is 2.93. The van der Waals surface area contributed by atoms with Crippen LogP contribution in [0.5, 0.6) is 0 Å². The third-order valence-electron chi connectivity index (χ3n) is 6.82. The Morgan fingerprint density at radius 2 is 1.57 bits per heavy atom. The Hall–Kier alpha value is -3.82. The van der Waals surface area contributed by atoms with E-state index >= 15 is 0 Å². The van der Waals surface area contributed by atoms with Gasteiger partial charge in [0.05, 0.1) is 6.61 Å². The number of nitrogens with one attached hydrogen (secondary N) is 1. The van der Waals surface area contributed by atoms with Crippen LogP contribution in [0.15, 0.2) is 66.7 Å². The Bertz CT molecular complexity index is 1340. The van der Waals surface area contributed by atoms with Gasteiger partial charge in [0.15, 0.2) is 0 Å². The molecule has 0 aliphatic rings. The molecule has 0 saturated heterocycles. The maximum Gasteiger partial charge on any atom is 0.249 e. The van der Waals surface area contributed by atoms with E-state index in [2.05, 4.69) is 5.32 Å². The van der Waals surface area contributed by atoms with Crippen LogP contribution in [0.3, 0.4) is 0 Å². The molecule has 3 N–H and O–H groups in total. The highest BCUT2D eigenvalue weighted by molar-refractivity contribution is 5.92. The van der Waals surface area contributed by atoms with Crippen molar-refractivity contribution in [1.29, 1.82) is 0 Å². The molecule has 8 nitrogen and oxygen atoms in total. The molecular formula is C31H39FN4O4. The zero-order chi connectivity index (χ0) is 29.4. The molecule has 0 aliphatic heterocycles. The first-order valence-electron chi connectivity index (χ1n) is 13.2. The van der Waals surface area contributed by atoms with Crippen molar-refractivity contribution >= 4 is 28.5 Å². The van der Waals surface area contributed by atoms with E-state index in [1.807, 2.05) is 42.5 Å². The number of fused-ring (bicyclic) bond motifs is 1. The van der Waals surface area contributed by atoms with Crippen molar-refractivity contribution in [1.82, 2.24) is 15.1 Å². The topological polar surface area (TPSA) is 105 Å². The van der Waals surface area contributed by atoms with Gasteiger partial charge in [-0.1, -0.05) is 60.7 Å². The van der Waals surface area contributed by atoms with Crippen LogP contribution >= 0.6 is 0 Å². The monoisotopic (exact) mass is 550 g/mol. The highest BCUT2D eigenvalue weighted by atomic mass is 19.1. The van der Waals surface area contributed by atoms with Crippen LogP contribution in [0.2, 0.25) is 0 Å². The van der Waals surface area contributed by atoms with Crippen LogP contribution in [0.25, 0.3) is 10.8 Å². The molecule has 0 saturated carbocycles. The third-order valence-corrected chi connectivity index (χ3v) is 6.82. The number of benzene rings is 3. The summed E-state index contributed by atoms with van der Waals surface area (Å²) in [4.78, 5) is 42.7. The predicted octanol–water partition coefficient (Wildman–Crippen LogP) is 2.92. The van der Waals surface area contributed by atoms with Crippen molar-refractivity contribution in [2.75, 3.05) is 34.4 Å². The second-order valence-corrected chi connectivity index (χ2v) is 10.8. The maximum absolute atomic E-state index is 14.5. The largest absolute Gasteiger partial charge is 0.370 e. The van der Waals surface area contributed by atoms with Crippen LogP contribution < -0.4 is 11.1 Å². The average molecular weight is 551 g/mol. The first kappa shape index (κ1) is 30.7. The van der Waals surface area contributed by atoms with E-state index in [9.17, 15) is 18.8 Å². The van der Waals surface area contributed by atoms with Crippen LogP contribution in [0.4, 0.5) is 4.39 Å². The van der Waals surface area contributed by atoms with Crippen molar-refractivity contribution in [3.63, 3.8) is 0 Å². The zero-order valence-electron chi connectivity index (χ0n) is 23.8. The van der Waals surface area contributed by atoms with Crippen LogP contribution in [0, 0.1) is 5.82 Å². The number of hydrogen-bond donors (Lipinski definition) is 2. The second-order valence-electron chi connectivity index (χ2n) is 10.8. The van der Waals surface area contributed by atoms with Gasteiger partial charge in [-0.05, 0) is 41.8 Å². The van der Waals surface area contributed by atoms with Gasteiger partial charge < -0.3 is 25.6 Å². The molecule has 0 bridgehead atoms. The van der Waals surface area contributed by atoms with Crippen LogP contribution in [-0.2, 0) is 32.0 Å². The number of amides is 3. The molecule has 0 aromatic heterocycles. The molecule has 0 fully saturated rings. The van der Waals surface area contributed by atoms with Gasteiger partial charge in [-0.25, -0.2) is 4.39 Å². The number of halogens is 1. The van der Waals surface area contributed by atoms with E-state index in [4.69, 9.17) is 10.5 Å². The summed E-state index contributed by atoms with van der Waals surface area (Å²) in [6.45, 7) is 3.49. The van der Waals surface area contributed by atoms with Crippen molar-refractivity contribution in [3.8, 4) is 0 Å². The highest BCUT2D eigenvalue weighted by Gasteiger charge is 2.35. The van der Waals surface area contributed by atoms with Gasteiger partial charge in [0.1, 0.15) is 24.5 Å². The minimum atomic E-state index is -0.994. The summed E-state index contributed by atoms with van der Waals surface area (Å²) >= 11 is 0. The molecule has 0 unspecified atom stereocenters. The number of nitrogens with two attached hydrogens (primary N) is 1. The summed E-state index contributed by atoms with van der Waals surface area (Å²) in [5.74, 6) is -1.75. The molecule has 3 aromatic rings. The standard InChI is InChI=1S/C31H39FN4O4/c1-31(2,33)20-40-19-28(37)35(4)27(17-21-14-15-22-10-6-7-11-23(22)16-21)30(39)36(5)26(29(38)34-3)18-24-12-8-9-13-25(24)32/h6-16,26-27H,17-20,33H2,1-5H3,(H,34,38)/t26-,27-/m1/s1. The molecule has 3 rings (SSSR count). The van der Waals surface area contributed by atoms with E-state index in [-0.39, 0.29) is 26.1 Å². The molecule has 3 aromatic carbocycles. The fraction of sp³-hybridized carbons (Fsp3) is 0.387. The highest BCUT2D eigenvalue weighted by Crippen LogP contribution is 2.20. The fourth-order valence-corrected chi connectivity index (χ4v) is 4.49. The first-order valence-corrected chi connectivity index (χ1v) is 13.2. The molecule has 40 heavy (non-hydrogen) atoms. The van der Waals surface area contributed by atoms with Gasteiger partial charge in [0.2, 0.25) is 17.7 Å². The van der Waals surface area contributed by atoms with Crippen molar-refractivity contribution in [3.05, 3.63) is 83.7 Å². The van der Waals surface area contributed by atoms with Gasteiger partial charge in [-0.3, -0.25) is 14.4 Å². The second kappa shape index (κ2) is 13.5. The lowest BCUT2D eigenvalue weighted by atomic mass is 9.98. The van der Waals surface area contributed by atoms with Gasteiger partial charge in [-0.2, -0.15) is 0 Å². The summed E-state index contributed by atoms with van der Waals surface area (Å²) in [5.41, 5.74) is 6.50. The number of carbonyl (C=O) groups is 3. The smallest absolute Gasteiger partial charge is 0.249 e. The minimum Gasteiger partial charge on any atom is -0.370 e. The Labute approximate surface area is 235 Å². The van der Waals surface area contributed by atoms with Crippen molar-refractivity contribution in [2.24, 2.45) is 5.73 Å². The molecule has 3 amide bonds. The normalized spacial score (nSPS) is 13.0. The summed E-state index contributed by atoms with van der Waals surface area (Å²) < 4.78 is 20.0. The number of likely N-dealkylation sites (N-methyl/N-ethyl adjacent to an activating group) is 3. The lowest BCUT2D eigenvalue weighted by Gasteiger charge is -2.34. The van der Waals surface area contributed by atoms with E-state index in [1.165, 1.54) is 30.0 Å². The SMILES string of the molecule is CNC(=O)[C@@H](Cc1ccccc1F)N(C)C(=O)[C@@H](Cc1ccc2ccccc2c1)N(C)C(=O)COCC(C)(C)N. The molecule has 0 aliphatic carbocycles. The Morgan fingerprint density at radius 3 is 2.23 bits per heavy atom. The van der Waals surface area contributed by atoms with Crippen molar-refractivity contribution < 1.29 is 23.5 Å².